The van der Waals surface area contributed by atoms with E-state index in [1.807, 2.05) is 50.2 Å². The molecule has 0 aliphatic heterocycles. The molecule has 4 rings (SSSR count). The fraction of sp³-hybridized carbons (Fsp3) is 0.0769. The predicted octanol–water partition coefficient (Wildman–Crippen LogP) is 6.65. The number of rotatable bonds is 6. The van der Waals surface area contributed by atoms with E-state index in [1.54, 1.807) is 36.4 Å². The Morgan fingerprint density at radius 3 is 1.86 bits per heavy atom. The molecule has 0 saturated carbocycles. The highest BCUT2D eigenvalue weighted by Gasteiger charge is 2.23. The van der Waals surface area contributed by atoms with Crippen LogP contribution in [-0.2, 0) is 0 Å². The van der Waals surface area contributed by atoms with Gasteiger partial charge in [-0.05, 0) is 74.0 Å². The number of hydrogen-bond donors (Lipinski definition) is 3. The summed E-state index contributed by atoms with van der Waals surface area (Å²) in [6.45, 7) is 3.92. The van der Waals surface area contributed by atoms with Crippen LogP contribution in [0.2, 0.25) is 10.3 Å². The van der Waals surface area contributed by atoms with Crippen LogP contribution < -0.4 is 16.0 Å². The molecule has 35 heavy (non-hydrogen) atoms. The van der Waals surface area contributed by atoms with Gasteiger partial charge in [0, 0.05) is 22.0 Å². The van der Waals surface area contributed by atoms with E-state index >= 15 is 0 Å². The highest BCUT2D eigenvalue weighted by atomic mass is 35.5. The molecule has 3 aromatic carbocycles. The summed E-state index contributed by atoms with van der Waals surface area (Å²) in [5.41, 5.74) is 3.72. The highest BCUT2D eigenvalue weighted by Crippen LogP contribution is 2.29. The Bertz CT molecular complexity index is 1370. The van der Waals surface area contributed by atoms with Crippen molar-refractivity contribution in [2.24, 2.45) is 0 Å². The number of aryl methyl sites for hydroxylation is 2. The summed E-state index contributed by atoms with van der Waals surface area (Å²) >= 11 is 12.1. The normalized spacial score (nSPS) is 10.5. The molecule has 0 saturated heterocycles. The molecule has 0 bridgehead atoms. The first-order valence-corrected chi connectivity index (χ1v) is 11.4. The predicted molar refractivity (Wildman–Crippen MR) is 140 cm³/mol. The topological polar surface area (TPSA) is 96.0 Å². The molecule has 0 radical (unpaired) electrons. The third-order valence-corrected chi connectivity index (χ3v) is 5.49. The van der Waals surface area contributed by atoms with E-state index in [2.05, 4.69) is 25.9 Å². The Morgan fingerprint density at radius 1 is 0.686 bits per heavy atom. The van der Waals surface area contributed by atoms with Gasteiger partial charge >= 0.3 is 0 Å². The number of nitrogens with zero attached hydrogens (tertiary/aromatic N) is 2. The van der Waals surface area contributed by atoms with Gasteiger partial charge in [0.05, 0.1) is 0 Å². The van der Waals surface area contributed by atoms with Crippen molar-refractivity contribution < 1.29 is 9.59 Å². The molecule has 0 atom stereocenters. The van der Waals surface area contributed by atoms with Crippen LogP contribution in [0.15, 0.2) is 72.8 Å². The van der Waals surface area contributed by atoms with Gasteiger partial charge in [-0.15, -0.1) is 0 Å². The molecule has 9 heteroatoms. The molecule has 7 nitrogen and oxygen atoms in total. The van der Waals surface area contributed by atoms with Gasteiger partial charge in [0.15, 0.2) is 11.5 Å². The third kappa shape index (κ3) is 6.15. The van der Waals surface area contributed by atoms with Crippen LogP contribution in [0.25, 0.3) is 0 Å². The van der Waals surface area contributed by atoms with Crippen LogP contribution in [0.4, 0.5) is 22.9 Å². The molecule has 2 amide bonds. The molecule has 0 fully saturated rings. The van der Waals surface area contributed by atoms with E-state index in [1.165, 1.54) is 0 Å². The monoisotopic (exact) mass is 505 g/mol. The summed E-state index contributed by atoms with van der Waals surface area (Å²) in [5.74, 6) is -0.856. The maximum Gasteiger partial charge on any atom is 0.276 e. The maximum atomic E-state index is 13.2. The average Bonchev–Trinajstić information content (AvgIpc) is 2.83. The van der Waals surface area contributed by atoms with E-state index in [4.69, 9.17) is 23.2 Å². The summed E-state index contributed by atoms with van der Waals surface area (Å²) in [6, 6.07) is 21.2. The van der Waals surface area contributed by atoms with Gasteiger partial charge in [0.25, 0.3) is 11.8 Å². The summed E-state index contributed by atoms with van der Waals surface area (Å²) in [4.78, 5) is 34.6. The zero-order valence-corrected chi connectivity index (χ0v) is 20.4. The van der Waals surface area contributed by atoms with E-state index in [0.717, 1.165) is 11.1 Å². The van der Waals surface area contributed by atoms with Crippen LogP contribution in [0, 0.1) is 13.8 Å². The van der Waals surface area contributed by atoms with Crippen molar-refractivity contribution in [1.82, 2.24) is 9.97 Å². The Balaban J connectivity index is 1.74. The Hall–Kier alpha value is -3.94. The average molecular weight is 506 g/mol. The number of nitrogens with one attached hydrogen (secondary N) is 3. The minimum atomic E-state index is -0.559. The van der Waals surface area contributed by atoms with Gasteiger partial charge in [0.1, 0.15) is 5.69 Å². The van der Waals surface area contributed by atoms with Crippen LogP contribution in [0.5, 0.6) is 0 Å². The minimum absolute atomic E-state index is 0.0829. The second kappa shape index (κ2) is 10.5. The van der Waals surface area contributed by atoms with Crippen molar-refractivity contribution in [3.05, 3.63) is 105 Å². The van der Waals surface area contributed by atoms with Crippen molar-refractivity contribution in [1.29, 1.82) is 0 Å². The van der Waals surface area contributed by atoms with E-state index < -0.39 is 11.8 Å². The lowest BCUT2D eigenvalue weighted by Gasteiger charge is -2.16. The molecule has 176 valence electrons. The smallest absolute Gasteiger partial charge is 0.276 e. The van der Waals surface area contributed by atoms with Crippen molar-refractivity contribution in [2.45, 2.75) is 13.8 Å². The van der Waals surface area contributed by atoms with Crippen LogP contribution in [0.1, 0.15) is 32.0 Å². The van der Waals surface area contributed by atoms with Crippen LogP contribution in [0.3, 0.4) is 0 Å². The Morgan fingerprint density at radius 2 is 1.26 bits per heavy atom. The van der Waals surface area contributed by atoms with Crippen LogP contribution in [-0.4, -0.2) is 21.8 Å². The minimum Gasteiger partial charge on any atom is -0.338 e. The number of amides is 2. The van der Waals surface area contributed by atoms with E-state index in [-0.39, 0.29) is 22.5 Å². The number of hydrogen-bond acceptors (Lipinski definition) is 5. The molecule has 4 aromatic rings. The SMILES string of the molecule is Cc1ccc(NC(=O)c2nc(Cl)nc(Nc3ccc(C)cc3)c2NC(=O)c2ccc(Cl)cc2)cc1. The van der Waals surface area contributed by atoms with Crippen molar-refractivity contribution in [3.63, 3.8) is 0 Å². The van der Waals surface area contributed by atoms with Gasteiger partial charge in [-0.25, -0.2) is 4.98 Å². The first kappa shape index (κ1) is 24.2. The fourth-order valence-corrected chi connectivity index (χ4v) is 3.49. The molecule has 0 spiro atoms. The molecule has 0 unspecified atom stereocenters. The second-order valence-corrected chi connectivity index (χ2v) is 8.61. The zero-order valence-electron chi connectivity index (χ0n) is 18.9. The number of carbonyl (C=O) groups is 2. The molecule has 0 aliphatic rings. The first-order chi connectivity index (χ1) is 16.8. The third-order valence-electron chi connectivity index (χ3n) is 5.07. The van der Waals surface area contributed by atoms with Gasteiger partial charge < -0.3 is 16.0 Å². The number of anilines is 4. The number of aromatic nitrogens is 2. The lowest BCUT2D eigenvalue weighted by Crippen LogP contribution is -2.21. The molecule has 3 N–H and O–H groups in total. The first-order valence-electron chi connectivity index (χ1n) is 10.6. The lowest BCUT2D eigenvalue weighted by molar-refractivity contribution is 0.102. The van der Waals surface area contributed by atoms with Crippen molar-refractivity contribution in [2.75, 3.05) is 16.0 Å². The summed E-state index contributed by atoms with van der Waals surface area (Å²) in [6.07, 6.45) is 0. The summed E-state index contributed by atoms with van der Waals surface area (Å²) < 4.78 is 0. The molecular formula is C26H21Cl2N5O2. The van der Waals surface area contributed by atoms with Crippen molar-refractivity contribution >= 4 is 57.9 Å². The number of benzene rings is 3. The summed E-state index contributed by atoms with van der Waals surface area (Å²) in [7, 11) is 0. The van der Waals surface area contributed by atoms with Crippen LogP contribution >= 0.6 is 23.2 Å². The lowest BCUT2D eigenvalue weighted by atomic mass is 10.2. The quantitative estimate of drug-likeness (QED) is 0.255. The second-order valence-electron chi connectivity index (χ2n) is 7.84. The van der Waals surface area contributed by atoms with Gasteiger partial charge in [0.2, 0.25) is 5.28 Å². The Labute approximate surface area is 212 Å². The summed E-state index contributed by atoms with van der Waals surface area (Å²) in [5, 5.41) is 9.01. The highest BCUT2D eigenvalue weighted by molar-refractivity contribution is 6.30. The molecule has 0 aliphatic carbocycles. The number of carbonyl (C=O) groups excluding carboxylic acids is 2. The largest absolute Gasteiger partial charge is 0.338 e. The van der Waals surface area contributed by atoms with Gasteiger partial charge in [-0.1, -0.05) is 47.0 Å². The maximum absolute atomic E-state index is 13.2. The van der Waals surface area contributed by atoms with E-state index in [0.29, 0.717) is 22.0 Å². The standard InChI is InChI=1S/C26H21Cl2N5O2/c1-15-3-11-19(12-4-15)29-23-21(31-24(34)17-7-9-18(27)10-8-17)22(32-26(28)33-23)25(35)30-20-13-5-16(2)6-14-20/h3-14H,1-2H3,(H,30,35)(H,31,34)(H,29,32,33). The van der Waals surface area contributed by atoms with Gasteiger partial charge in [-0.3, -0.25) is 9.59 Å². The number of halogens is 2. The molecular weight excluding hydrogens is 485 g/mol. The Kier molecular flexibility index (Phi) is 7.29. The van der Waals surface area contributed by atoms with E-state index in [9.17, 15) is 9.59 Å². The molecule has 1 aromatic heterocycles. The van der Waals surface area contributed by atoms with Gasteiger partial charge in [-0.2, -0.15) is 4.98 Å². The van der Waals surface area contributed by atoms with Crippen molar-refractivity contribution in [3.8, 4) is 0 Å². The zero-order chi connectivity index (χ0) is 24.9. The fourth-order valence-electron chi connectivity index (χ4n) is 3.19. The molecule has 1 heterocycles.